The van der Waals surface area contributed by atoms with Crippen LogP contribution in [0.3, 0.4) is 0 Å². The van der Waals surface area contributed by atoms with Gasteiger partial charge in [0.25, 0.3) is 0 Å². The molecule has 19 heavy (non-hydrogen) atoms. The molecule has 0 fully saturated rings. The van der Waals surface area contributed by atoms with Gasteiger partial charge in [0.2, 0.25) is 0 Å². The summed E-state index contributed by atoms with van der Waals surface area (Å²) in [6.45, 7) is 0.150. The fourth-order valence-electron chi connectivity index (χ4n) is 1.61. The van der Waals surface area contributed by atoms with Gasteiger partial charge in [-0.1, -0.05) is 33.6 Å². The SMILES string of the molecule is O=Cc1c(Cl)cccc1OCc1cc(F)cc(Br)c1. The van der Waals surface area contributed by atoms with Crippen LogP contribution in [0, 0.1) is 5.82 Å². The zero-order valence-corrected chi connectivity index (χ0v) is 12.0. The molecule has 2 rings (SSSR count). The Hall–Kier alpha value is -1.39. The van der Waals surface area contributed by atoms with E-state index in [1.807, 2.05) is 0 Å². The van der Waals surface area contributed by atoms with Crippen LogP contribution in [0.15, 0.2) is 40.9 Å². The van der Waals surface area contributed by atoms with E-state index in [0.29, 0.717) is 32.7 Å². The van der Waals surface area contributed by atoms with Crippen LogP contribution in [0.1, 0.15) is 15.9 Å². The van der Waals surface area contributed by atoms with E-state index in [1.165, 1.54) is 12.1 Å². The second kappa shape index (κ2) is 6.17. The number of carbonyl (C=O) groups is 1. The molecule has 0 aromatic heterocycles. The summed E-state index contributed by atoms with van der Waals surface area (Å²) in [5.74, 6) is 0.0255. The molecule has 0 bridgehead atoms. The molecule has 0 heterocycles. The van der Waals surface area contributed by atoms with Crippen LogP contribution in [0.5, 0.6) is 5.75 Å². The van der Waals surface area contributed by atoms with E-state index in [-0.39, 0.29) is 12.4 Å². The summed E-state index contributed by atoms with van der Waals surface area (Å²) in [6, 6.07) is 9.41. The number of hydrogen-bond acceptors (Lipinski definition) is 2. The minimum atomic E-state index is -0.352. The third-order valence-electron chi connectivity index (χ3n) is 2.45. The summed E-state index contributed by atoms with van der Waals surface area (Å²) in [5, 5.41) is 0.327. The van der Waals surface area contributed by atoms with E-state index in [0.717, 1.165) is 0 Å². The van der Waals surface area contributed by atoms with Crippen LogP contribution in [-0.4, -0.2) is 6.29 Å². The monoisotopic (exact) mass is 342 g/mol. The quantitative estimate of drug-likeness (QED) is 0.756. The number of halogens is 3. The summed E-state index contributed by atoms with van der Waals surface area (Å²) in [6.07, 6.45) is 0.638. The third-order valence-corrected chi connectivity index (χ3v) is 3.23. The molecule has 0 saturated heterocycles. The summed E-state index contributed by atoms with van der Waals surface area (Å²) in [4.78, 5) is 10.9. The van der Waals surface area contributed by atoms with E-state index in [2.05, 4.69) is 15.9 Å². The Morgan fingerprint density at radius 1 is 1.32 bits per heavy atom. The molecule has 0 atom stereocenters. The molecule has 5 heteroatoms. The van der Waals surface area contributed by atoms with Crippen molar-refractivity contribution >= 4 is 33.8 Å². The summed E-state index contributed by atoms with van der Waals surface area (Å²) < 4.78 is 19.3. The first-order chi connectivity index (χ1) is 9.10. The van der Waals surface area contributed by atoms with E-state index >= 15 is 0 Å². The number of aldehydes is 1. The van der Waals surface area contributed by atoms with Crippen molar-refractivity contribution in [2.45, 2.75) is 6.61 Å². The molecule has 0 saturated carbocycles. The van der Waals surface area contributed by atoms with Gasteiger partial charge in [-0.3, -0.25) is 4.79 Å². The van der Waals surface area contributed by atoms with E-state index in [9.17, 15) is 9.18 Å². The second-order valence-electron chi connectivity index (χ2n) is 3.84. The molecule has 0 amide bonds. The molecule has 98 valence electrons. The summed E-state index contributed by atoms with van der Waals surface area (Å²) >= 11 is 9.09. The Balaban J connectivity index is 2.19. The highest BCUT2D eigenvalue weighted by Gasteiger charge is 2.08. The minimum absolute atomic E-state index is 0.150. The minimum Gasteiger partial charge on any atom is -0.488 e. The Kier molecular flexibility index (Phi) is 4.56. The smallest absolute Gasteiger partial charge is 0.155 e. The van der Waals surface area contributed by atoms with Crippen LogP contribution in [-0.2, 0) is 6.61 Å². The van der Waals surface area contributed by atoms with Crippen LogP contribution in [0.25, 0.3) is 0 Å². The molecule has 2 nitrogen and oxygen atoms in total. The highest BCUT2D eigenvalue weighted by Crippen LogP contribution is 2.25. The molecule has 2 aromatic carbocycles. The average molecular weight is 344 g/mol. The normalized spacial score (nSPS) is 10.3. The van der Waals surface area contributed by atoms with Gasteiger partial charge in [0.1, 0.15) is 18.2 Å². The van der Waals surface area contributed by atoms with Crippen molar-refractivity contribution in [2.24, 2.45) is 0 Å². The second-order valence-corrected chi connectivity index (χ2v) is 5.16. The lowest BCUT2D eigenvalue weighted by Gasteiger charge is -2.09. The van der Waals surface area contributed by atoms with Crippen LogP contribution in [0.2, 0.25) is 5.02 Å². The predicted octanol–water partition coefficient (Wildman–Crippen LogP) is 4.63. The molecular weight excluding hydrogens is 335 g/mol. The molecule has 0 aliphatic carbocycles. The number of rotatable bonds is 4. The standard InChI is InChI=1S/C14H9BrClFO2/c15-10-4-9(5-11(17)6-10)8-19-14-3-1-2-13(16)12(14)7-18/h1-7H,8H2. The fraction of sp³-hybridized carbons (Fsp3) is 0.0714. The number of benzene rings is 2. The molecule has 0 N–H and O–H groups in total. The largest absolute Gasteiger partial charge is 0.488 e. The van der Waals surface area contributed by atoms with Crippen molar-refractivity contribution in [2.75, 3.05) is 0 Å². The van der Waals surface area contributed by atoms with Crippen molar-refractivity contribution in [3.8, 4) is 5.75 Å². The van der Waals surface area contributed by atoms with E-state index in [1.54, 1.807) is 24.3 Å². The van der Waals surface area contributed by atoms with Crippen molar-refractivity contribution in [3.05, 3.63) is 62.8 Å². The van der Waals surface area contributed by atoms with Crippen molar-refractivity contribution in [3.63, 3.8) is 0 Å². The third kappa shape index (κ3) is 3.55. The molecule has 0 aliphatic heterocycles. The van der Waals surface area contributed by atoms with Gasteiger partial charge in [0.15, 0.2) is 6.29 Å². The molecule has 0 radical (unpaired) electrons. The highest BCUT2D eigenvalue weighted by molar-refractivity contribution is 9.10. The Labute approximate surface area is 123 Å². The summed E-state index contributed by atoms with van der Waals surface area (Å²) in [5.41, 5.74) is 0.948. The van der Waals surface area contributed by atoms with Crippen molar-refractivity contribution in [1.29, 1.82) is 0 Å². The van der Waals surface area contributed by atoms with Gasteiger partial charge in [0.05, 0.1) is 10.6 Å². The maximum absolute atomic E-state index is 13.2. The maximum atomic E-state index is 13.2. The molecular formula is C14H9BrClFO2. The number of ether oxygens (including phenoxy) is 1. The van der Waals surface area contributed by atoms with Gasteiger partial charge in [-0.15, -0.1) is 0 Å². The highest BCUT2D eigenvalue weighted by atomic mass is 79.9. The lowest BCUT2D eigenvalue weighted by atomic mass is 10.2. The van der Waals surface area contributed by atoms with Crippen LogP contribution in [0.4, 0.5) is 4.39 Å². The van der Waals surface area contributed by atoms with Crippen LogP contribution >= 0.6 is 27.5 Å². The first-order valence-electron chi connectivity index (χ1n) is 5.41. The molecule has 0 aliphatic rings. The first kappa shape index (κ1) is 14.0. The number of hydrogen-bond donors (Lipinski definition) is 0. The Morgan fingerprint density at radius 3 is 2.79 bits per heavy atom. The molecule has 0 unspecified atom stereocenters. The van der Waals surface area contributed by atoms with Crippen molar-refractivity contribution in [1.82, 2.24) is 0 Å². The van der Waals surface area contributed by atoms with Crippen molar-refractivity contribution < 1.29 is 13.9 Å². The van der Waals surface area contributed by atoms with Gasteiger partial charge < -0.3 is 4.74 Å². The van der Waals surface area contributed by atoms with E-state index in [4.69, 9.17) is 16.3 Å². The lowest BCUT2D eigenvalue weighted by Crippen LogP contribution is -1.99. The first-order valence-corrected chi connectivity index (χ1v) is 6.58. The van der Waals surface area contributed by atoms with Gasteiger partial charge in [0, 0.05) is 4.47 Å². The van der Waals surface area contributed by atoms with Gasteiger partial charge in [-0.05, 0) is 35.9 Å². The topological polar surface area (TPSA) is 26.3 Å². The van der Waals surface area contributed by atoms with E-state index < -0.39 is 0 Å². The van der Waals surface area contributed by atoms with Gasteiger partial charge in [-0.25, -0.2) is 4.39 Å². The lowest BCUT2D eigenvalue weighted by molar-refractivity contribution is 0.111. The number of carbonyl (C=O) groups excluding carboxylic acids is 1. The maximum Gasteiger partial charge on any atom is 0.155 e. The molecule has 0 spiro atoms. The Bertz CT molecular complexity index is 596. The van der Waals surface area contributed by atoms with Gasteiger partial charge >= 0.3 is 0 Å². The Morgan fingerprint density at radius 2 is 2.11 bits per heavy atom. The molecule has 2 aromatic rings. The summed E-state index contributed by atoms with van der Waals surface area (Å²) in [7, 11) is 0. The van der Waals surface area contributed by atoms with Crippen LogP contribution < -0.4 is 4.74 Å². The fourth-order valence-corrected chi connectivity index (χ4v) is 2.34. The zero-order chi connectivity index (χ0) is 13.8. The van der Waals surface area contributed by atoms with Gasteiger partial charge in [-0.2, -0.15) is 0 Å². The zero-order valence-electron chi connectivity index (χ0n) is 9.70. The predicted molar refractivity (Wildman–Crippen MR) is 75.3 cm³/mol. The average Bonchev–Trinajstić information content (AvgIpc) is 2.35.